The van der Waals surface area contributed by atoms with Crippen LogP contribution in [-0.4, -0.2) is 5.33 Å². The monoisotopic (exact) mass is 216 g/mol. The van der Waals surface area contributed by atoms with Crippen molar-refractivity contribution < 1.29 is 0 Å². The SMILES string of the molecule is C=C1CC(C(C)C)CC1CBr. The van der Waals surface area contributed by atoms with Gasteiger partial charge in [-0.2, -0.15) is 0 Å². The molecule has 1 aliphatic rings. The van der Waals surface area contributed by atoms with Crippen LogP contribution in [0.4, 0.5) is 0 Å². The standard InChI is InChI=1S/C10H17Br/c1-7(2)9-4-8(3)10(5-9)6-11/h7,9-10H,3-6H2,1-2H3. The van der Waals surface area contributed by atoms with Crippen LogP contribution in [0.25, 0.3) is 0 Å². The Bertz CT molecular complexity index is 149. The number of hydrogen-bond acceptors (Lipinski definition) is 0. The summed E-state index contributed by atoms with van der Waals surface area (Å²) >= 11 is 3.53. The lowest BCUT2D eigenvalue weighted by Gasteiger charge is -2.12. The largest absolute Gasteiger partial charge is 0.0995 e. The third kappa shape index (κ3) is 2.08. The fraction of sp³-hybridized carbons (Fsp3) is 0.800. The van der Waals surface area contributed by atoms with Crippen LogP contribution in [0.2, 0.25) is 0 Å². The number of halogens is 1. The quantitative estimate of drug-likeness (QED) is 0.489. The van der Waals surface area contributed by atoms with E-state index in [1.165, 1.54) is 18.4 Å². The molecule has 0 aromatic heterocycles. The zero-order chi connectivity index (χ0) is 8.43. The molecule has 0 N–H and O–H groups in total. The summed E-state index contributed by atoms with van der Waals surface area (Å²) in [5.41, 5.74) is 1.46. The second kappa shape index (κ2) is 3.75. The minimum absolute atomic E-state index is 0.752. The van der Waals surface area contributed by atoms with Crippen LogP contribution in [0.15, 0.2) is 12.2 Å². The number of alkyl halides is 1. The molecule has 0 amide bonds. The predicted molar refractivity (Wildman–Crippen MR) is 54.0 cm³/mol. The Morgan fingerprint density at radius 3 is 2.55 bits per heavy atom. The van der Waals surface area contributed by atoms with E-state index >= 15 is 0 Å². The molecule has 2 unspecified atom stereocenters. The average Bonchev–Trinajstić information content (AvgIpc) is 2.31. The van der Waals surface area contributed by atoms with Crippen molar-refractivity contribution in [1.82, 2.24) is 0 Å². The molecule has 1 heteroatoms. The van der Waals surface area contributed by atoms with Crippen LogP contribution in [0.3, 0.4) is 0 Å². The molecule has 64 valence electrons. The zero-order valence-corrected chi connectivity index (χ0v) is 9.02. The highest BCUT2D eigenvalue weighted by Crippen LogP contribution is 2.39. The van der Waals surface area contributed by atoms with Gasteiger partial charge in [0.25, 0.3) is 0 Å². The molecule has 0 bridgehead atoms. The van der Waals surface area contributed by atoms with E-state index in [4.69, 9.17) is 0 Å². The summed E-state index contributed by atoms with van der Waals surface area (Å²) in [5, 5.41) is 1.11. The highest BCUT2D eigenvalue weighted by atomic mass is 79.9. The topological polar surface area (TPSA) is 0 Å². The van der Waals surface area contributed by atoms with Crippen molar-refractivity contribution in [3.8, 4) is 0 Å². The molecule has 11 heavy (non-hydrogen) atoms. The lowest BCUT2D eigenvalue weighted by Crippen LogP contribution is -2.04. The highest BCUT2D eigenvalue weighted by Gasteiger charge is 2.28. The van der Waals surface area contributed by atoms with Crippen LogP contribution in [-0.2, 0) is 0 Å². The van der Waals surface area contributed by atoms with Gasteiger partial charge in [0.15, 0.2) is 0 Å². The summed E-state index contributed by atoms with van der Waals surface area (Å²) in [7, 11) is 0. The van der Waals surface area contributed by atoms with E-state index in [9.17, 15) is 0 Å². The first-order valence-corrected chi connectivity index (χ1v) is 5.51. The van der Waals surface area contributed by atoms with Gasteiger partial charge >= 0.3 is 0 Å². The third-order valence-corrected chi connectivity index (χ3v) is 3.60. The van der Waals surface area contributed by atoms with E-state index in [1.54, 1.807) is 0 Å². The second-order valence-electron chi connectivity index (χ2n) is 3.95. The summed E-state index contributed by atoms with van der Waals surface area (Å²) < 4.78 is 0. The Morgan fingerprint density at radius 2 is 2.27 bits per heavy atom. The lowest BCUT2D eigenvalue weighted by molar-refractivity contribution is 0.386. The maximum Gasteiger partial charge on any atom is 0.00969 e. The molecule has 1 fully saturated rings. The number of allylic oxidation sites excluding steroid dienone is 1. The van der Waals surface area contributed by atoms with Crippen molar-refractivity contribution >= 4 is 15.9 Å². The Balaban J connectivity index is 2.49. The van der Waals surface area contributed by atoms with Gasteiger partial charge < -0.3 is 0 Å². The van der Waals surface area contributed by atoms with Gasteiger partial charge in [0.2, 0.25) is 0 Å². The number of hydrogen-bond donors (Lipinski definition) is 0. The van der Waals surface area contributed by atoms with Crippen molar-refractivity contribution in [2.45, 2.75) is 26.7 Å². The zero-order valence-electron chi connectivity index (χ0n) is 7.44. The summed E-state index contributed by atoms with van der Waals surface area (Å²) in [6.45, 7) is 8.74. The molecule has 1 aliphatic carbocycles. The van der Waals surface area contributed by atoms with E-state index in [0.29, 0.717) is 0 Å². The fourth-order valence-corrected chi connectivity index (χ4v) is 2.52. The van der Waals surface area contributed by atoms with Crippen molar-refractivity contribution in [2.24, 2.45) is 17.8 Å². The first-order valence-electron chi connectivity index (χ1n) is 4.38. The van der Waals surface area contributed by atoms with E-state index in [0.717, 1.165) is 23.1 Å². The molecule has 0 nitrogen and oxygen atoms in total. The van der Waals surface area contributed by atoms with Crippen molar-refractivity contribution in [3.05, 3.63) is 12.2 Å². The molecule has 1 saturated carbocycles. The Hall–Kier alpha value is 0.220. The van der Waals surface area contributed by atoms with Gasteiger partial charge in [0, 0.05) is 5.33 Å². The maximum atomic E-state index is 4.11. The van der Waals surface area contributed by atoms with Crippen molar-refractivity contribution in [3.63, 3.8) is 0 Å². The molecule has 0 aromatic rings. The fourth-order valence-electron chi connectivity index (χ4n) is 1.80. The van der Waals surface area contributed by atoms with Crippen LogP contribution in [0, 0.1) is 17.8 Å². The lowest BCUT2D eigenvalue weighted by atomic mass is 9.94. The summed E-state index contributed by atoms with van der Waals surface area (Å²) in [6.07, 6.45) is 2.61. The van der Waals surface area contributed by atoms with E-state index in [2.05, 4.69) is 36.4 Å². The first-order chi connectivity index (χ1) is 5.15. The van der Waals surface area contributed by atoms with Gasteiger partial charge in [0.05, 0.1) is 0 Å². The highest BCUT2D eigenvalue weighted by molar-refractivity contribution is 9.09. The Morgan fingerprint density at radius 1 is 1.64 bits per heavy atom. The molecule has 0 radical (unpaired) electrons. The van der Waals surface area contributed by atoms with E-state index in [-0.39, 0.29) is 0 Å². The summed E-state index contributed by atoms with van der Waals surface area (Å²) in [4.78, 5) is 0. The van der Waals surface area contributed by atoms with Crippen LogP contribution < -0.4 is 0 Å². The third-order valence-electron chi connectivity index (χ3n) is 2.82. The molecule has 0 aliphatic heterocycles. The second-order valence-corrected chi connectivity index (χ2v) is 4.60. The van der Waals surface area contributed by atoms with E-state index in [1.807, 2.05) is 0 Å². The maximum absolute atomic E-state index is 4.11. The Labute approximate surface area is 78.2 Å². The van der Waals surface area contributed by atoms with Gasteiger partial charge in [-0.15, -0.1) is 0 Å². The van der Waals surface area contributed by atoms with Crippen molar-refractivity contribution in [1.29, 1.82) is 0 Å². The van der Waals surface area contributed by atoms with Gasteiger partial charge in [-0.05, 0) is 30.6 Å². The average molecular weight is 217 g/mol. The molecule has 0 spiro atoms. The predicted octanol–water partition coefficient (Wildman–Crippen LogP) is 3.62. The molecule has 0 aromatic carbocycles. The van der Waals surface area contributed by atoms with Gasteiger partial charge in [0.1, 0.15) is 0 Å². The van der Waals surface area contributed by atoms with Gasteiger partial charge in [-0.3, -0.25) is 0 Å². The van der Waals surface area contributed by atoms with Crippen LogP contribution in [0.5, 0.6) is 0 Å². The molecule has 0 saturated heterocycles. The molecule has 1 rings (SSSR count). The molecular formula is C10H17Br. The smallest absolute Gasteiger partial charge is 0.00969 e. The minimum Gasteiger partial charge on any atom is -0.0995 e. The van der Waals surface area contributed by atoms with Gasteiger partial charge in [-0.25, -0.2) is 0 Å². The van der Waals surface area contributed by atoms with Crippen LogP contribution in [0.1, 0.15) is 26.7 Å². The Kier molecular flexibility index (Phi) is 3.17. The molecule has 0 heterocycles. The normalized spacial score (nSPS) is 31.8. The first kappa shape index (κ1) is 9.31. The van der Waals surface area contributed by atoms with E-state index < -0.39 is 0 Å². The number of rotatable bonds is 2. The molecular weight excluding hydrogens is 200 g/mol. The summed E-state index contributed by atoms with van der Waals surface area (Å²) in [6, 6.07) is 0. The molecule has 2 atom stereocenters. The van der Waals surface area contributed by atoms with Gasteiger partial charge in [-0.1, -0.05) is 41.9 Å². The van der Waals surface area contributed by atoms with Crippen LogP contribution >= 0.6 is 15.9 Å². The minimum atomic E-state index is 0.752. The van der Waals surface area contributed by atoms with Crippen molar-refractivity contribution in [2.75, 3.05) is 5.33 Å². The summed E-state index contributed by atoms with van der Waals surface area (Å²) in [5.74, 6) is 2.48.